The minimum Gasteiger partial charge on any atom is -0.359 e. The number of nitrogens with one attached hydrogen (secondary N) is 1. The zero-order valence-electron chi connectivity index (χ0n) is 30.6. The summed E-state index contributed by atoms with van der Waals surface area (Å²) < 4.78 is 2.41. The molecule has 1 N–H and O–H groups in total. The molecule has 1 aliphatic rings. The molecule has 1 atom stereocenters. The number of benzene rings is 7. The van der Waals surface area contributed by atoms with E-state index in [-0.39, 0.29) is 6.04 Å². The van der Waals surface area contributed by atoms with Gasteiger partial charge in [-0.05, 0) is 132 Å². The third-order valence-corrected chi connectivity index (χ3v) is 10.8. The molecule has 0 amide bonds. The summed E-state index contributed by atoms with van der Waals surface area (Å²) in [5.74, 6) is 0.868. The van der Waals surface area contributed by atoms with Crippen LogP contribution >= 0.6 is 0 Å². The summed E-state index contributed by atoms with van der Waals surface area (Å²) in [4.78, 5) is 5.15. The Labute approximate surface area is 311 Å². The van der Waals surface area contributed by atoms with Gasteiger partial charge in [-0.25, -0.2) is 4.99 Å². The van der Waals surface area contributed by atoms with Gasteiger partial charge in [-0.1, -0.05) is 115 Å². The Morgan fingerprint density at radius 1 is 0.491 bits per heavy atom. The van der Waals surface area contributed by atoms with Gasteiger partial charge in [0.1, 0.15) is 5.84 Å². The molecule has 1 unspecified atom stereocenters. The van der Waals surface area contributed by atoms with E-state index in [1.54, 1.807) is 0 Å². The monoisotopic (exact) mass is 683 g/mol. The maximum atomic E-state index is 5.15. The van der Waals surface area contributed by atoms with Crippen molar-refractivity contribution < 1.29 is 0 Å². The van der Waals surface area contributed by atoms with Gasteiger partial charge in [0, 0.05) is 22.0 Å². The van der Waals surface area contributed by atoms with Gasteiger partial charge < -0.3 is 9.88 Å². The van der Waals surface area contributed by atoms with E-state index < -0.39 is 0 Å². The standard InChI is InChI=1S/C50H41N3/c1-32-15-11-12-20-40(32)48-33(2)23-24-34(3)49(48)42-30-43-41-21-13-14-22-46(41)53(47(43)29-35(42)4)39-27-25-38(26-28-39)50-51-44(36-16-7-5-8-17-36)31-45(52-50)37-18-9-6-10-19-37/h5-31,44H,1-4H3,(H,51,52). The highest BCUT2D eigenvalue weighted by atomic mass is 15.0. The number of aryl methyl sites for hydroxylation is 4. The Kier molecular flexibility index (Phi) is 8.12. The first-order valence-corrected chi connectivity index (χ1v) is 18.4. The van der Waals surface area contributed by atoms with Crippen LogP contribution < -0.4 is 5.32 Å². The number of hydrogen-bond donors (Lipinski definition) is 1. The van der Waals surface area contributed by atoms with Crippen molar-refractivity contribution in [2.24, 2.45) is 4.99 Å². The molecular formula is C50H41N3. The van der Waals surface area contributed by atoms with E-state index >= 15 is 0 Å². The van der Waals surface area contributed by atoms with Crippen LogP contribution in [0.15, 0.2) is 169 Å². The summed E-state index contributed by atoms with van der Waals surface area (Å²) in [5, 5.41) is 6.22. The second-order valence-corrected chi connectivity index (χ2v) is 14.3. The third kappa shape index (κ3) is 5.75. The fourth-order valence-electron chi connectivity index (χ4n) is 8.09. The lowest BCUT2D eigenvalue weighted by Gasteiger charge is -2.24. The average molecular weight is 684 g/mol. The maximum Gasteiger partial charge on any atom is 0.134 e. The van der Waals surface area contributed by atoms with Crippen molar-refractivity contribution in [2.45, 2.75) is 33.7 Å². The number of aromatic nitrogens is 1. The van der Waals surface area contributed by atoms with Crippen molar-refractivity contribution in [2.75, 3.05) is 0 Å². The number of hydrogen-bond acceptors (Lipinski definition) is 2. The first-order chi connectivity index (χ1) is 25.9. The second kappa shape index (κ2) is 13.3. The number of fused-ring (bicyclic) bond motifs is 3. The summed E-state index contributed by atoms with van der Waals surface area (Å²) in [5.41, 5.74) is 18.2. The Balaban J connectivity index is 1.16. The lowest BCUT2D eigenvalue weighted by Crippen LogP contribution is -2.31. The summed E-state index contributed by atoms with van der Waals surface area (Å²) in [7, 11) is 0. The summed E-state index contributed by atoms with van der Waals surface area (Å²) in [6.45, 7) is 8.96. The van der Waals surface area contributed by atoms with E-state index in [2.05, 4.69) is 195 Å². The lowest BCUT2D eigenvalue weighted by atomic mass is 9.84. The highest BCUT2D eigenvalue weighted by molar-refractivity contribution is 6.11. The van der Waals surface area contributed by atoms with Crippen LogP contribution in [0.3, 0.4) is 0 Å². The molecule has 53 heavy (non-hydrogen) atoms. The fraction of sp³-hybridized carbons (Fsp3) is 0.100. The molecule has 3 heteroatoms. The number of nitrogens with zero attached hydrogens (tertiary/aromatic N) is 2. The molecule has 0 fully saturated rings. The van der Waals surface area contributed by atoms with Crippen LogP contribution in [0.4, 0.5) is 0 Å². The van der Waals surface area contributed by atoms with Gasteiger partial charge in [0.05, 0.1) is 22.8 Å². The molecule has 0 saturated carbocycles. The average Bonchev–Trinajstić information content (AvgIpc) is 3.52. The number of aliphatic imine (C=N–C) groups is 1. The van der Waals surface area contributed by atoms with Gasteiger partial charge in [0.2, 0.25) is 0 Å². The minimum atomic E-state index is 0.0106. The molecule has 256 valence electrons. The largest absolute Gasteiger partial charge is 0.359 e. The lowest BCUT2D eigenvalue weighted by molar-refractivity contribution is 0.781. The van der Waals surface area contributed by atoms with Crippen LogP contribution in [0, 0.1) is 27.7 Å². The van der Waals surface area contributed by atoms with E-state index in [1.807, 2.05) is 6.07 Å². The third-order valence-electron chi connectivity index (χ3n) is 10.8. The van der Waals surface area contributed by atoms with Crippen molar-refractivity contribution in [1.82, 2.24) is 9.88 Å². The van der Waals surface area contributed by atoms with E-state index in [1.165, 1.54) is 71.9 Å². The Morgan fingerprint density at radius 2 is 1.13 bits per heavy atom. The quantitative estimate of drug-likeness (QED) is 0.186. The van der Waals surface area contributed by atoms with Gasteiger partial charge in [0.15, 0.2) is 0 Å². The molecule has 2 heterocycles. The van der Waals surface area contributed by atoms with Crippen molar-refractivity contribution in [3.63, 3.8) is 0 Å². The molecule has 9 rings (SSSR count). The SMILES string of the molecule is Cc1ccccc1-c1c(C)ccc(C)c1-c1cc2c3ccccc3n(-c3ccc(C4=NC(c5ccccc5)=CC(c5ccccc5)N4)cc3)c2cc1C. The predicted octanol–water partition coefficient (Wildman–Crippen LogP) is 12.5. The van der Waals surface area contributed by atoms with Crippen LogP contribution in [0.25, 0.3) is 55.4 Å². The van der Waals surface area contributed by atoms with Crippen LogP contribution in [0.2, 0.25) is 0 Å². The predicted molar refractivity (Wildman–Crippen MR) is 224 cm³/mol. The fourth-order valence-corrected chi connectivity index (χ4v) is 8.09. The zero-order chi connectivity index (χ0) is 36.1. The van der Waals surface area contributed by atoms with E-state index in [9.17, 15) is 0 Å². The van der Waals surface area contributed by atoms with E-state index in [0.717, 1.165) is 28.3 Å². The summed E-state index contributed by atoms with van der Waals surface area (Å²) >= 11 is 0. The molecule has 1 aromatic heterocycles. The maximum absolute atomic E-state index is 5.15. The summed E-state index contributed by atoms with van der Waals surface area (Å²) in [6, 6.07) is 56.8. The highest BCUT2D eigenvalue weighted by Gasteiger charge is 2.22. The number of para-hydroxylation sites is 1. The van der Waals surface area contributed by atoms with Crippen molar-refractivity contribution in [3.8, 4) is 27.9 Å². The number of amidine groups is 1. The van der Waals surface area contributed by atoms with Crippen LogP contribution in [0.1, 0.15) is 45.0 Å². The van der Waals surface area contributed by atoms with Gasteiger partial charge in [-0.2, -0.15) is 0 Å². The molecule has 8 aromatic rings. The summed E-state index contributed by atoms with van der Waals surface area (Å²) in [6.07, 6.45) is 2.22. The Hall–Kier alpha value is -6.45. The molecule has 0 radical (unpaired) electrons. The normalized spacial score (nSPS) is 14.2. The van der Waals surface area contributed by atoms with E-state index in [0.29, 0.717) is 0 Å². The van der Waals surface area contributed by atoms with Gasteiger partial charge in [-0.15, -0.1) is 0 Å². The second-order valence-electron chi connectivity index (χ2n) is 14.3. The molecule has 7 aromatic carbocycles. The highest BCUT2D eigenvalue weighted by Crippen LogP contribution is 2.43. The smallest absolute Gasteiger partial charge is 0.134 e. The Morgan fingerprint density at radius 3 is 1.87 bits per heavy atom. The van der Waals surface area contributed by atoms with Gasteiger partial charge in [-0.3, -0.25) is 0 Å². The molecular weight excluding hydrogens is 643 g/mol. The molecule has 0 saturated heterocycles. The first kappa shape index (κ1) is 32.5. The number of rotatable bonds is 6. The topological polar surface area (TPSA) is 29.3 Å². The molecule has 0 bridgehead atoms. The van der Waals surface area contributed by atoms with E-state index in [4.69, 9.17) is 4.99 Å². The van der Waals surface area contributed by atoms with Gasteiger partial charge in [0.25, 0.3) is 0 Å². The molecule has 0 aliphatic carbocycles. The first-order valence-electron chi connectivity index (χ1n) is 18.4. The Bertz CT molecular complexity index is 2710. The minimum absolute atomic E-state index is 0.0106. The van der Waals surface area contributed by atoms with Crippen LogP contribution in [-0.2, 0) is 0 Å². The van der Waals surface area contributed by atoms with Gasteiger partial charge >= 0.3 is 0 Å². The molecule has 1 aliphatic heterocycles. The van der Waals surface area contributed by atoms with Crippen LogP contribution in [-0.4, -0.2) is 10.4 Å². The van der Waals surface area contributed by atoms with Crippen molar-refractivity contribution in [1.29, 1.82) is 0 Å². The van der Waals surface area contributed by atoms with Crippen molar-refractivity contribution >= 4 is 33.3 Å². The van der Waals surface area contributed by atoms with Crippen molar-refractivity contribution in [3.05, 3.63) is 203 Å². The molecule has 0 spiro atoms. The molecule has 3 nitrogen and oxygen atoms in total. The zero-order valence-corrected chi connectivity index (χ0v) is 30.6. The van der Waals surface area contributed by atoms with Crippen LogP contribution in [0.5, 0.6) is 0 Å².